The molecule has 2 aromatic rings. The van der Waals surface area contributed by atoms with Crippen LogP contribution in [0.25, 0.3) is 11.2 Å². The number of fused-ring (bicyclic) bond motifs is 1. The molecule has 0 spiro atoms. The summed E-state index contributed by atoms with van der Waals surface area (Å²) in [6.07, 6.45) is -1.71. The van der Waals surface area contributed by atoms with Crippen LogP contribution in [0.3, 0.4) is 0 Å². The van der Waals surface area contributed by atoms with Crippen LogP contribution in [0.1, 0.15) is 6.23 Å². The number of imidazole rings is 1. The van der Waals surface area contributed by atoms with Crippen molar-refractivity contribution >= 4 is 28.6 Å². The summed E-state index contributed by atoms with van der Waals surface area (Å²) in [5.74, 6) is 0.137. The van der Waals surface area contributed by atoms with Gasteiger partial charge in [0.15, 0.2) is 17.7 Å². The number of nitrogens with zero attached hydrogens (tertiary/aromatic N) is 4. The van der Waals surface area contributed by atoms with E-state index >= 15 is 0 Å². The summed E-state index contributed by atoms with van der Waals surface area (Å²) in [5.41, 5.74) is 6.43. The maximum absolute atomic E-state index is 10.3. The largest absolute Gasteiger partial charge is 0.394 e. The third-order valence-electron chi connectivity index (χ3n) is 3.46. The van der Waals surface area contributed by atoms with E-state index in [4.69, 9.17) is 26.8 Å². The van der Waals surface area contributed by atoms with Crippen molar-refractivity contribution in [2.75, 3.05) is 19.5 Å². The molecule has 21 heavy (non-hydrogen) atoms. The third-order valence-corrected chi connectivity index (χ3v) is 3.63. The molecule has 3 heterocycles. The molecule has 3 rings (SSSR count). The highest BCUT2D eigenvalue weighted by atomic mass is 35.5. The molecule has 1 aliphatic rings. The van der Waals surface area contributed by atoms with E-state index in [1.165, 1.54) is 18.0 Å². The van der Waals surface area contributed by atoms with E-state index in [1.807, 2.05) is 0 Å². The normalized spacial score (nSPS) is 29.3. The maximum Gasteiger partial charge on any atom is 0.226 e. The Kier molecular flexibility index (Phi) is 3.68. The van der Waals surface area contributed by atoms with Gasteiger partial charge in [-0.2, -0.15) is 9.97 Å². The fraction of sp³-hybridized carbons (Fsp3) is 0.545. The van der Waals surface area contributed by atoms with E-state index in [-0.39, 0.29) is 17.7 Å². The van der Waals surface area contributed by atoms with Crippen molar-refractivity contribution in [1.82, 2.24) is 19.5 Å². The monoisotopic (exact) mass is 315 g/mol. The highest BCUT2D eigenvalue weighted by Crippen LogP contribution is 2.33. The molecule has 9 nitrogen and oxygen atoms in total. The average Bonchev–Trinajstić information content (AvgIpc) is 2.99. The molecule has 4 atom stereocenters. The van der Waals surface area contributed by atoms with Gasteiger partial charge in [-0.1, -0.05) is 0 Å². The van der Waals surface area contributed by atoms with E-state index < -0.39 is 24.5 Å². The van der Waals surface area contributed by atoms with Gasteiger partial charge in [0.2, 0.25) is 5.28 Å². The molecule has 0 amide bonds. The quantitative estimate of drug-likeness (QED) is 0.636. The van der Waals surface area contributed by atoms with Crippen molar-refractivity contribution in [3.8, 4) is 0 Å². The van der Waals surface area contributed by atoms with Crippen LogP contribution in [0, 0.1) is 0 Å². The first-order valence-electron chi connectivity index (χ1n) is 6.19. The molecule has 114 valence electrons. The molecule has 2 aromatic heterocycles. The van der Waals surface area contributed by atoms with E-state index in [1.54, 1.807) is 0 Å². The fourth-order valence-corrected chi connectivity index (χ4v) is 2.66. The first-order chi connectivity index (χ1) is 10.1. The predicted octanol–water partition coefficient (Wildman–Crippen LogP) is -0.673. The maximum atomic E-state index is 10.3. The second-order valence-corrected chi connectivity index (χ2v) is 4.98. The van der Waals surface area contributed by atoms with E-state index in [9.17, 15) is 10.2 Å². The Balaban J connectivity index is 2.05. The summed E-state index contributed by atoms with van der Waals surface area (Å²) < 4.78 is 12.3. The van der Waals surface area contributed by atoms with Crippen molar-refractivity contribution in [1.29, 1.82) is 0 Å². The number of ether oxygens (including phenoxy) is 2. The second kappa shape index (κ2) is 5.35. The fourth-order valence-electron chi connectivity index (χ4n) is 2.48. The van der Waals surface area contributed by atoms with E-state index in [0.29, 0.717) is 11.2 Å². The minimum atomic E-state index is -1.00. The smallest absolute Gasteiger partial charge is 0.226 e. The first-order valence-corrected chi connectivity index (χ1v) is 6.57. The summed E-state index contributed by atoms with van der Waals surface area (Å²) in [4.78, 5) is 12.0. The lowest BCUT2D eigenvalue weighted by Gasteiger charge is -2.17. The Labute approximate surface area is 124 Å². The third kappa shape index (κ3) is 2.23. The zero-order valence-corrected chi connectivity index (χ0v) is 11.8. The molecule has 10 heteroatoms. The topological polar surface area (TPSA) is 129 Å². The van der Waals surface area contributed by atoms with Crippen molar-refractivity contribution in [3.05, 3.63) is 11.6 Å². The SMILES string of the molecule is COC1C(O)[C@H](n2cnc3c(N)nc(Cl)nc32)O[C@@H]1CO. The minimum absolute atomic E-state index is 0.0313. The van der Waals surface area contributed by atoms with Crippen LogP contribution in [-0.4, -0.2) is 61.8 Å². The molecule has 2 unspecified atom stereocenters. The molecule has 1 aliphatic heterocycles. The van der Waals surface area contributed by atoms with Gasteiger partial charge in [0, 0.05) is 7.11 Å². The van der Waals surface area contributed by atoms with Gasteiger partial charge in [-0.15, -0.1) is 0 Å². The zero-order chi connectivity index (χ0) is 15.1. The molecule has 0 radical (unpaired) electrons. The van der Waals surface area contributed by atoms with Gasteiger partial charge in [0.25, 0.3) is 0 Å². The standard InChI is InChI=1S/C11H14ClN5O4/c1-20-7-4(2-18)21-10(6(7)19)17-3-14-5-8(13)15-11(12)16-9(5)17/h3-4,6-7,10,18-19H,2H2,1H3,(H2,13,15,16)/t4-,6?,7?,10-/m1/s1. The number of aliphatic hydroxyl groups excluding tert-OH is 2. The molecule has 1 saturated heterocycles. The van der Waals surface area contributed by atoms with Gasteiger partial charge in [0.05, 0.1) is 12.9 Å². The molecule has 4 N–H and O–H groups in total. The lowest BCUT2D eigenvalue weighted by molar-refractivity contribution is -0.0535. The number of hydrogen-bond acceptors (Lipinski definition) is 8. The number of methoxy groups -OCH3 is 1. The summed E-state index contributed by atoms with van der Waals surface area (Å²) in [6, 6.07) is 0. The molecule has 0 aliphatic carbocycles. The Morgan fingerprint density at radius 2 is 2.29 bits per heavy atom. The second-order valence-electron chi connectivity index (χ2n) is 4.64. The molecule has 1 fully saturated rings. The number of anilines is 1. The van der Waals surface area contributed by atoms with Crippen LogP contribution in [0.15, 0.2) is 6.33 Å². The van der Waals surface area contributed by atoms with Crippen LogP contribution >= 0.6 is 11.6 Å². The number of hydrogen-bond donors (Lipinski definition) is 3. The molecule has 0 saturated carbocycles. The van der Waals surface area contributed by atoms with Gasteiger partial charge in [-0.25, -0.2) is 4.98 Å². The van der Waals surface area contributed by atoms with Gasteiger partial charge in [-0.3, -0.25) is 4.57 Å². The lowest BCUT2D eigenvalue weighted by atomic mass is 10.1. The van der Waals surface area contributed by atoms with Crippen LogP contribution in [-0.2, 0) is 9.47 Å². The number of aromatic nitrogens is 4. The summed E-state index contributed by atoms with van der Waals surface area (Å²) >= 11 is 5.80. The van der Waals surface area contributed by atoms with E-state index in [2.05, 4.69) is 15.0 Å². The zero-order valence-electron chi connectivity index (χ0n) is 11.0. The van der Waals surface area contributed by atoms with Crippen LogP contribution in [0.4, 0.5) is 5.82 Å². The van der Waals surface area contributed by atoms with Crippen molar-refractivity contribution in [2.24, 2.45) is 0 Å². The minimum Gasteiger partial charge on any atom is -0.394 e. The van der Waals surface area contributed by atoms with Gasteiger partial charge in [-0.05, 0) is 11.6 Å². The Morgan fingerprint density at radius 1 is 1.52 bits per heavy atom. The average molecular weight is 316 g/mol. The summed E-state index contributed by atoms with van der Waals surface area (Å²) in [7, 11) is 1.44. The van der Waals surface area contributed by atoms with Crippen molar-refractivity contribution in [2.45, 2.75) is 24.5 Å². The highest BCUT2D eigenvalue weighted by molar-refractivity contribution is 6.28. The number of nitrogen functional groups attached to an aromatic ring is 1. The molecular weight excluding hydrogens is 302 g/mol. The van der Waals surface area contributed by atoms with Gasteiger partial charge in [0.1, 0.15) is 23.8 Å². The van der Waals surface area contributed by atoms with E-state index in [0.717, 1.165) is 0 Å². The molecule has 0 aromatic carbocycles. The Hall–Kier alpha value is -1.52. The number of aliphatic hydroxyl groups is 2. The van der Waals surface area contributed by atoms with Gasteiger partial charge < -0.3 is 25.4 Å². The first kappa shape index (κ1) is 14.4. The van der Waals surface area contributed by atoms with Gasteiger partial charge >= 0.3 is 0 Å². The van der Waals surface area contributed by atoms with Crippen LogP contribution in [0.2, 0.25) is 5.28 Å². The van der Waals surface area contributed by atoms with Crippen molar-refractivity contribution in [3.63, 3.8) is 0 Å². The summed E-state index contributed by atoms with van der Waals surface area (Å²) in [6.45, 7) is -0.281. The molecular formula is C11H14ClN5O4. The molecule has 0 bridgehead atoms. The Bertz CT molecular complexity index is 665. The van der Waals surface area contributed by atoms with Crippen LogP contribution in [0.5, 0.6) is 0 Å². The van der Waals surface area contributed by atoms with Crippen LogP contribution < -0.4 is 5.73 Å². The number of halogens is 1. The number of nitrogens with two attached hydrogens (primary N) is 1. The highest BCUT2D eigenvalue weighted by Gasteiger charge is 2.45. The Morgan fingerprint density at radius 3 is 2.90 bits per heavy atom. The van der Waals surface area contributed by atoms with Crippen molar-refractivity contribution < 1.29 is 19.7 Å². The predicted molar refractivity (Wildman–Crippen MR) is 72.5 cm³/mol. The lowest BCUT2D eigenvalue weighted by Crippen LogP contribution is -2.35. The number of rotatable bonds is 3. The summed E-state index contributed by atoms with van der Waals surface area (Å²) in [5, 5.41) is 19.6.